The third-order valence-corrected chi connectivity index (χ3v) is 4.80. The Hall–Kier alpha value is -2.88. The van der Waals surface area contributed by atoms with E-state index in [-0.39, 0.29) is 5.56 Å². The number of para-hydroxylation sites is 2. The van der Waals surface area contributed by atoms with Gasteiger partial charge in [0.2, 0.25) is 0 Å². The lowest BCUT2D eigenvalue weighted by Gasteiger charge is -2.14. The van der Waals surface area contributed by atoms with E-state index in [2.05, 4.69) is 4.98 Å². The first-order valence-corrected chi connectivity index (χ1v) is 9.10. The Bertz CT molecular complexity index is 1190. The molecule has 0 bridgehead atoms. The number of fused-ring (bicyclic) bond motifs is 1. The van der Waals surface area contributed by atoms with Crippen molar-refractivity contribution in [3.05, 3.63) is 105 Å². The minimum absolute atomic E-state index is 0.219. The fourth-order valence-corrected chi connectivity index (χ4v) is 3.48. The molecule has 0 saturated carbocycles. The van der Waals surface area contributed by atoms with Crippen LogP contribution >= 0.6 is 23.2 Å². The number of nitrogens with zero attached hydrogens (tertiary/aromatic N) is 2. The smallest absolute Gasteiger partial charge is 0.266 e. The van der Waals surface area contributed by atoms with E-state index in [4.69, 9.17) is 23.2 Å². The van der Waals surface area contributed by atoms with Gasteiger partial charge in [-0.25, -0.2) is 4.98 Å². The second kappa shape index (κ2) is 7.39. The van der Waals surface area contributed by atoms with Gasteiger partial charge in [-0.05, 0) is 35.9 Å². The number of aromatic nitrogens is 2. The Morgan fingerprint density at radius 2 is 1.44 bits per heavy atom. The summed E-state index contributed by atoms with van der Waals surface area (Å²) in [6, 6.07) is 22.2. The summed E-state index contributed by atoms with van der Waals surface area (Å²) < 4.78 is 1.46. The molecule has 0 atom stereocenters. The standard InChI is InChI=1S/C22H14Cl2N2O/c23-17-10-6-11-18(24)21(17)26-20(14-13-15-7-2-1-3-8-15)25-19-12-5-4-9-16(19)22(26)27/h1-14H. The van der Waals surface area contributed by atoms with Gasteiger partial charge in [0, 0.05) is 0 Å². The number of benzene rings is 3. The molecule has 0 amide bonds. The maximum atomic E-state index is 13.2. The van der Waals surface area contributed by atoms with Crippen LogP contribution in [0.2, 0.25) is 10.0 Å². The predicted molar refractivity (Wildman–Crippen MR) is 113 cm³/mol. The zero-order valence-corrected chi connectivity index (χ0v) is 15.7. The first-order valence-electron chi connectivity index (χ1n) is 8.34. The Labute approximate surface area is 166 Å². The van der Waals surface area contributed by atoms with E-state index in [0.717, 1.165) is 5.56 Å². The maximum absolute atomic E-state index is 13.2. The quantitative estimate of drug-likeness (QED) is 0.437. The van der Waals surface area contributed by atoms with Crippen LogP contribution in [0.15, 0.2) is 77.6 Å². The van der Waals surface area contributed by atoms with Gasteiger partial charge in [0.05, 0.1) is 26.6 Å². The minimum Gasteiger partial charge on any atom is -0.268 e. The third-order valence-electron chi connectivity index (χ3n) is 4.19. The van der Waals surface area contributed by atoms with Crippen molar-refractivity contribution in [3.63, 3.8) is 0 Å². The van der Waals surface area contributed by atoms with Crippen LogP contribution in [0.4, 0.5) is 0 Å². The molecule has 1 heterocycles. The molecular weight excluding hydrogens is 379 g/mol. The lowest BCUT2D eigenvalue weighted by molar-refractivity contribution is 0.944. The molecule has 27 heavy (non-hydrogen) atoms. The fraction of sp³-hybridized carbons (Fsp3) is 0. The minimum atomic E-state index is -0.219. The molecule has 4 rings (SSSR count). The summed E-state index contributed by atoms with van der Waals surface area (Å²) in [4.78, 5) is 17.9. The van der Waals surface area contributed by atoms with Gasteiger partial charge >= 0.3 is 0 Å². The summed E-state index contributed by atoms with van der Waals surface area (Å²) in [5.41, 5.74) is 1.83. The van der Waals surface area contributed by atoms with Gasteiger partial charge in [-0.2, -0.15) is 0 Å². The molecule has 0 fully saturated rings. The van der Waals surface area contributed by atoms with E-state index in [1.807, 2.05) is 54.6 Å². The molecule has 4 aromatic rings. The van der Waals surface area contributed by atoms with Crippen LogP contribution < -0.4 is 5.56 Å². The van der Waals surface area contributed by atoms with Crippen molar-refractivity contribution in [2.75, 3.05) is 0 Å². The zero-order chi connectivity index (χ0) is 18.8. The summed E-state index contributed by atoms with van der Waals surface area (Å²) in [5.74, 6) is 0.456. The number of hydrogen-bond donors (Lipinski definition) is 0. The lowest BCUT2D eigenvalue weighted by Crippen LogP contribution is -2.23. The summed E-state index contributed by atoms with van der Waals surface area (Å²) in [5, 5.41) is 1.28. The van der Waals surface area contributed by atoms with Gasteiger partial charge in [0.1, 0.15) is 5.82 Å². The highest BCUT2D eigenvalue weighted by Crippen LogP contribution is 2.29. The van der Waals surface area contributed by atoms with Crippen LogP contribution in [0.5, 0.6) is 0 Å². The molecule has 1 aromatic heterocycles. The highest BCUT2D eigenvalue weighted by atomic mass is 35.5. The largest absolute Gasteiger partial charge is 0.268 e. The molecule has 0 N–H and O–H groups in total. The van der Waals surface area contributed by atoms with E-state index in [1.54, 1.807) is 30.3 Å². The van der Waals surface area contributed by atoms with E-state index >= 15 is 0 Å². The maximum Gasteiger partial charge on any atom is 0.266 e. The molecule has 3 nitrogen and oxygen atoms in total. The highest BCUT2D eigenvalue weighted by Gasteiger charge is 2.16. The molecule has 0 radical (unpaired) electrons. The summed E-state index contributed by atoms with van der Waals surface area (Å²) in [7, 11) is 0. The molecule has 0 aliphatic heterocycles. The lowest BCUT2D eigenvalue weighted by atomic mass is 10.2. The van der Waals surface area contributed by atoms with Gasteiger partial charge in [-0.15, -0.1) is 0 Å². The van der Waals surface area contributed by atoms with E-state index < -0.39 is 0 Å². The SMILES string of the molecule is O=c1c2ccccc2nc(C=Cc2ccccc2)n1-c1c(Cl)cccc1Cl. The predicted octanol–water partition coefficient (Wildman–Crippen LogP) is 5.86. The van der Waals surface area contributed by atoms with Gasteiger partial charge in [-0.1, -0.05) is 77.8 Å². The molecule has 5 heteroatoms. The summed E-state index contributed by atoms with van der Waals surface area (Å²) >= 11 is 12.8. The molecule has 0 aliphatic carbocycles. The Balaban J connectivity index is 2.02. The van der Waals surface area contributed by atoms with Gasteiger partial charge < -0.3 is 0 Å². The molecule has 0 aliphatic rings. The Morgan fingerprint density at radius 1 is 0.778 bits per heavy atom. The molecular formula is C22H14Cl2N2O. The van der Waals surface area contributed by atoms with Crippen molar-refractivity contribution in [2.24, 2.45) is 0 Å². The van der Waals surface area contributed by atoms with Crippen LogP contribution in [-0.4, -0.2) is 9.55 Å². The van der Waals surface area contributed by atoms with Crippen LogP contribution in [0.1, 0.15) is 11.4 Å². The van der Waals surface area contributed by atoms with Crippen LogP contribution in [0.25, 0.3) is 28.7 Å². The van der Waals surface area contributed by atoms with Crippen LogP contribution in [0, 0.1) is 0 Å². The summed E-state index contributed by atoms with van der Waals surface area (Å²) in [6.45, 7) is 0. The Morgan fingerprint density at radius 3 is 2.19 bits per heavy atom. The second-order valence-electron chi connectivity index (χ2n) is 5.94. The average Bonchev–Trinajstić information content (AvgIpc) is 2.69. The highest BCUT2D eigenvalue weighted by molar-refractivity contribution is 6.37. The van der Waals surface area contributed by atoms with Gasteiger partial charge in [0.15, 0.2) is 0 Å². The van der Waals surface area contributed by atoms with E-state index in [0.29, 0.717) is 32.5 Å². The molecule has 0 unspecified atom stereocenters. The van der Waals surface area contributed by atoms with Crippen molar-refractivity contribution in [2.45, 2.75) is 0 Å². The van der Waals surface area contributed by atoms with Gasteiger partial charge in [0.25, 0.3) is 5.56 Å². The number of halogens is 2. The monoisotopic (exact) mass is 392 g/mol. The normalized spacial score (nSPS) is 11.3. The third kappa shape index (κ3) is 3.39. The zero-order valence-electron chi connectivity index (χ0n) is 14.1. The number of rotatable bonds is 3. The first kappa shape index (κ1) is 17.5. The van der Waals surface area contributed by atoms with Crippen molar-refractivity contribution in [1.82, 2.24) is 9.55 Å². The Kier molecular flexibility index (Phi) is 4.80. The molecule has 132 valence electrons. The molecule has 0 spiro atoms. The second-order valence-corrected chi connectivity index (χ2v) is 6.76. The van der Waals surface area contributed by atoms with Crippen LogP contribution in [0.3, 0.4) is 0 Å². The molecule has 0 saturated heterocycles. The number of hydrogen-bond acceptors (Lipinski definition) is 2. The fourth-order valence-electron chi connectivity index (χ4n) is 2.92. The van der Waals surface area contributed by atoms with Crippen molar-refractivity contribution in [1.29, 1.82) is 0 Å². The van der Waals surface area contributed by atoms with E-state index in [1.165, 1.54) is 4.57 Å². The topological polar surface area (TPSA) is 34.9 Å². The van der Waals surface area contributed by atoms with Crippen LogP contribution in [-0.2, 0) is 0 Å². The first-order chi connectivity index (χ1) is 13.1. The van der Waals surface area contributed by atoms with Crippen molar-refractivity contribution >= 4 is 46.3 Å². The molecule has 3 aromatic carbocycles. The van der Waals surface area contributed by atoms with Crippen molar-refractivity contribution < 1.29 is 0 Å². The van der Waals surface area contributed by atoms with Crippen molar-refractivity contribution in [3.8, 4) is 5.69 Å². The van der Waals surface area contributed by atoms with Gasteiger partial charge in [-0.3, -0.25) is 9.36 Å². The van der Waals surface area contributed by atoms with E-state index in [9.17, 15) is 4.79 Å². The summed E-state index contributed by atoms with van der Waals surface area (Å²) in [6.07, 6.45) is 3.70. The average molecular weight is 393 g/mol.